The lowest BCUT2D eigenvalue weighted by atomic mass is 9.82. The predicted octanol–water partition coefficient (Wildman–Crippen LogP) is 4.41. The third kappa shape index (κ3) is 2.52. The molecule has 23 heavy (non-hydrogen) atoms. The van der Waals surface area contributed by atoms with Crippen LogP contribution >= 0.6 is 0 Å². The Labute approximate surface area is 135 Å². The number of non-ortho nitro benzene ring substituents is 1. The standard InChI is InChI=1S/C19H20N2O2/c22-21(23)14-11-9-13(10-12-14)19-15-5-1-3-7-17(15)20-18-8-4-2-6-16(18)19/h9-12H,1-8H2. The van der Waals surface area contributed by atoms with Gasteiger partial charge in [0.25, 0.3) is 5.69 Å². The summed E-state index contributed by atoms with van der Waals surface area (Å²) >= 11 is 0. The molecule has 1 heterocycles. The van der Waals surface area contributed by atoms with Crippen LogP contribution in [0, 0.1) is 10.1 Å². The summed E-state index contributed by atoms with van der Waals surface area (Å²) in [7, 11) is 0. The first-order chi connectivity index (χ1) is 11.2. The van der Waals surface area contributed by atoms with Gasteiger partial charge in [-0.3, -0.25) is 15.1 Å². The second-order valence-corrected chi connectivity index (χ2v) is 6.56. The Morgan fingerprint density at radius 1 is 0.826 bits per heavy atom. The van der Waals surface area contributed by atoms with Gasteiger partial charge in [-0.1, -0.05) is 0 Å². The Morgan fingerprint density at radius 2 is 1.35 bits per heavy atom. The maximum atomic E-state index is 10.9. The van der Waals surface area contributed by atoms with E-state index < -0.39 is 0 Å². The zero-order valence-corrected chi connectivity index (χ0v) is 13.2. The van der Waals surface area contributed by atoms with Gasteiger partial charge in [0.2, 0.25) is 0 Å². The van der Waals surface area contributed by atoms with Crippen LogP contribution in [0.1, 0.15) is 48.2 Å². The monoisotopic (exact) mass is 308 g/mol. The number of nitro groups is 1. The number of rotatable bonds is 2. The predicted molar refractivity (Wildman–Crippen MR) is 89.6 cm³/mol. The molecule has 0 atom stereocenters. The maximum Gasteiger partial charge on any atom is 0.269 e. The highest BCUT2D eigenvalue weighted by Crippen LogP contribution is 2.38. The summed E-state index contributed by atoms with van der Waals surface area (Å²) in [4.78, 5) is 15.6. The zero-order valence-electron chi connectivity index (χ0n) is 13.2. The molecule has 0 bridgehead atoms. The lowest BCUT2D eigenvalue weighted by Crippen LogP contribution is -2.15. The van der Waals surface area contributed by atoms with Gasteiger partial charge in [0, 0.05) is 23.5 Å². The maximum absolute atomic E-state index is 10.9. The topological polar surface area (TPSA) is 56.0 Å². The lowest BCUT2D eigenvalue weighted by Gasteiger charge is -2.26. The van der Waals surface area contributed by atoms with E-state index in [1.54, 1.807) is 12.1 Å². The molecule has 1 aromatic carbocycles. The molecule has 0 unspecified atom stereocenters. The normalized spacial score (nSPS) is 16.5. The molecule has 0 aliphatic heterocycles. The first kappa shape index (κ1) is 14.4. The van der Waals surface area contributed by atoms with Crippen LogP contribution in [0.5, 0.6) is 0 Å². The molecule has 1 aromatic heterocycles. The average Bonchev–Trinajstić information content (AvgIpc) is 2.59. The highest BCUT2D eigenvalue weighted by atomic mass is 16.6. The van der Waals surface area contributed by atoms with Crippen molar-refractivity contribution in [3.8, 4) is 11.1 Å². The van der Waals surface area contributed by atoms with Gasteiger partial charge in [0.1, 0.15) is 0 Å². The summed E-state index contributed by atoms with van der Waals surface area (Å²) in [6.45, 7) is 0. The molecule has 0 radical (unpaired) electrons. The van der Waals surface area contributed by atoms with Crippen LogP contribution < -0.4 is 0 Å². The SMILES string of the molecule is O=[N+]([O-])c1ccc(-c2c3c(nc4c2CCCC4)CCCC3)cc1. The van der Waals surface area contributed by atoms with Crippen molar-refractivity contribution >= 4 is 5.69 Å². The van der Waals surface area contributed by atoms with Gasteiger partial charge in [-0.05, 0) is 85.8 Å². The number of fused-ring (bicyclic) bond motifs is 2. The second kappa shape index (κ2) is 5.76. The lowest BCUT2D eigenvalue weighted by molar-refractivity contribution is -0.384. The highest BCUT2D eigenvalue weighted by Gasteiger charge is 2.24. The summed E-state index contributed by atoms with van der Waals surface area (Å²) in [6.07, 6.45) is 9.19. The summed E-state index contributed by atoms with van der Waals surface area (Å²) in [5, 5.41) is 10.9. The molecule has 0 amide bonds. The van der Waals surface area contributed by atoms with Gasteiger partial charge >= 0.3 is 0 Å². The fourth-order valence-corrected chi connectivity index (χ4v) is 4.01. The van der Waals surface area contributed by atoms with Crippen molar-refractivity contribution in [2.24, 2.45) is 0 Å². The smallest absolute Gasteiger partial charge is 0.258 e. The Kier molecular flexibility index (Phi) is 3.60. The summed E-state index contributed by atoms with van der Waals surface area (Å²) in [5.41, 5.74) is 7.94. The molecular formula is C19H20N2O2. The van der Waals surface area contributed by atoms with E-state index in [1.807, 2.05) is 12.1 Å². The number of aromatic nitrogens is 1. The molecule has 0 spiro atoms. The van der Waals surface area contributed by atoms with E-state index in [-0.39, 0.29) is 10.6 Å². The van der Waals surface area contributed by atoms with Crippen molar-refractivity contribution in [2.75, 3.05) is 0 Å². The summed E-state index contributed by atoms with van der Waals surface area (Å²) < 4.78 is 0. The Morgan fingerprint density at radius 3 is 1.87 bits per heavy atom. The molecule has 118 valence electrons. The number of hydrogen-bond acceptors (Lipinski definition) is 3. The number of benzene rings is 1. The van der Waals surface area contributed by atoms with Gasteiger partial charge in [-0.2, -0.15) is 0 Å². The van der Waals surface area contributed by atoms with E-state index in [1.165, 1.54) is 53.8 Å². The minimum absolute atomic E-state index is 0.158. The molecule has 0 saturated carbocycles. The summed E-state index contributed by atoms with van der Waals surface area (Å²) in [5.74, 6) is 0. The zero-order chi connectivity index (χ0) is 15.8. The van der Waals surface area contributed by atoms with Gasteiger partial charge in [-0.15, -0.1) is 0 Å². The molecule has 4 rings (SSSR count). The van der Waals surface area contributed by atoms with Crippen molar-refractivity contribution in [1.29, 1.82) is 0 Å². The van der Waals surface area contributed by atoms with Crippen LogP contribution in [-0.2, 0) is 25.7 Å². The fraction of sp³-hybridized carbons (Fsp3) is 0.421. The second-order valence-electron chi connectivity index (χ2n) is 6.56. The van der Waals surface area contributed by atoms with Gasteiger partial charge in [-0.25, -0.2) is 0 Å². The van der Waals surface area contributed by atoms with E-state index in [9.17, 15) is 10.1 Å². The van der Waals surface area contributed by atoms with E-state index >= 15 is 0 Å². The number of hydrogen-bond donors (Lipinski definition) is 0. The molecule has 2 aliphatic carbocycles. The Bertz CT molecular complexity index is 732. The molecule has 2 aliphatic rings. The van der Waals surface area contributed by atoms with Gasteiger partial charge < -0.3 is 0 Å². The third-order valence-corrected chi connectivity index (χ3v) is 5.12. The van der Waals surface area contributed by atoms with Gasteiger partial charge in [0.15, 0.2) is 0 Å². The van der Waals surface area contributed by atoms with E-state index in [2.05, 4.69) is 0 Å². The molecule has 0 fully saturated rings. The molecule has 4 heteroatoms. The Hall–Kier alpha value is -2.23. The largest absolute Gasteiger partial charge is 0.269 e. The number of nitrogens with zero attached hydrogens (tertiary/aromatic N) is 2. The number of nitro benzene ring substituents is 1. The van der Waals surface area contributed by atoms with Crippen molar-refractivity contribution in [3.63, 3.8) is 0 Å². The van der Waals surface area contributed by atoms with Crippen LogP contribution in [0.3, 0.4) is 0 Å². The van der Waals surface area contributed by atoms with Gasteiger partial charge in [0.05, 0.1) is 4.92 Å². The quantitative estimate of drug-likeness (QED) is 0.610. The average molecular weight is 308 g/mol. The van der Waals surface area contributed by atoms with Crippen LogP contribution in [0.2, 0.25) is 0 Å². The summed E-state index contributed by atoms with van der Waals surface area (Å²) in [6, 6.07) is 7.08. The van der Waals surface area contributed by atoms with Crippen LogP contribution in [0.15, 0.2) is 24.3 Å². The minimum atomic E-state index is -0.332. The molecule has 2 aromatic rings. The molecule has 0 saturated heterocycles. The van der Waals surface area contributed by atoms with Crippen LogP contribution in [-0.4, -0.2) is 9.91 Å². The van der Waals surface area contributed by atoms with E-state index in [4.69, 9.17) is 4.98 Å². The molecular weight excluding hydrogens is 288 g/mol. The minimum Gasteiger partial charge on any atom is -0.258 e. The molecule has 4 nitrogen and oxygen atoms in total. The van der Waals surface area contributed by atoms with Crippen molar-refractivity contribution in [3.05, 3.63) is 56.9 Å². The van der Waals surface area contributed by atoms with Crippen molar-refractivity contribution in [1.82, 2.24) is 4.98 Å². The van der Waals surface area contributed by atoms with Crippen LogP contribution in [0.4, 0.5) is 5.69 Å². The molecule has 0 N–H and O–H groups in total. The Balaban J connectivity index is 1.90. The van der Waals surface area contributed by atoms with E-state index in [0.29, 0.717) is 0 Å². The number of pyridine rings is 1. The first-order valence-electron chi connectivity index (χ1n) is 8.52. The van der Waals surface area contributed by atoms with Crippen molar-refractivity contribution in [2.45, 2.75) is 51.4 Å². The van der Waals surface area contributed by atoms with Crippen molar-refractivity contribution < 1.29 is 4.92 Å². The first-order valence-corrected chi connectivity index (χ1v) is 8.52. The third-order valence-electron chi connectivity index (χ3n) is 5.12. The fourth-order valence-electron chi connectivity index (χ4n) is 4.01. The van der Waals surface area contributed by atoms with E-state index in [0.717, 1.165) is 31.2 Å². The highest BCUT2D eigenvalue weighted by molar-refractivity contribution is 5.74. The number of aryl methyl sites for hydroxylation is 2. The van der Waals surface area contributed by atoms with Crippen LogP contribution in [0.25, 0.3) is 11.1 Å².